The van der Waals surface area contributed by atoms with Gasteiger partial charge >= 0.3 is 0 Å². The first kappa shape index (κ1) is 15.3. The SMILES string of the molecule is C=CCNC(=O)C(C)Sc1nncn1-c1ccccc1C. The first-order valence-electron chi connectivity index (χ1n) is 6.64. The zero-order valence-electron chi connectivity index (χ0n) is 12.1. The van der Waals surface area contributed by atoms with Gasteiger partial charge in [-0.3, -0.25) is 9.36 Å². The summed E-state index contributed by atoms with van der Waals surface area (Å²) in [7, 11) is 0. The maximum absolute atomic E-state index is 11.9. The molecule has 0 bridgehead atoms. The third-order valence-corrected chi connectivity index (χ3v) is 4.02. The number of hydrogen-bond donors (Lipinski definition) is 1. The largest absolute Gasteiger partial charge is 0.352 e. The molecule has 2 aromatic rings. The van der Waals surface area contributed by atoms with Crippen LogP contribution in [-0.4, -0.2) is 32.5 Å². The van der Waals surface area contributed by atoms with E-state index in [0.29, 0.717) is 11.7 Å². The maximum Gasteiger partial charge on any atom is 0.233 e. The lowest BCUT2D eigenvalue weighted by Gasteiger charge is -2.12. The Bertz CT molecular complexity index is 638. The molecule has 5 nitrogen and oxygen atoms in total. The summed E-state index contributed by atoms with van der Waals surface area (Å²) in [6.07, 6.45) is 3.32. The van der Waals surface area contributed by atoms with Crippen molar-refractivity contribution in [2.24, 2.45) is 0 Å². The summed E-state index contributed by atoms with van der Waals surface area (Å²) >= 11 is 1.38. The molecule has 0 spiro atoms. The van der Waals surface area contributed by atoms with E-state index in [-0.39, 0.29) is 11.2 Å². The van der Waals surface area contributed by atoms with Crippen LogP contribution >= 0.6 is 11.8 Å². The van der Waals surface area contributed by atoms with E-state index in [1.807, 2.05) is 42.7 Å². The molecule has 1 N–H and O–H groups in total. The monoisotopic (exact) mass is 302 g/mol. The summed E-state index contributed by atoms with van der Waals surface area (Å²) in [5.74, 6) is -0.0424. The smallest absolute Gasteiger partial charge is 0.233 e. The molecule has 1 heterocycles. The number of benzene rings is 1. The molecular weight excluding hydrogens is 284 g/mol. The van der Waals surface area contributed by atoms with Crippen LogP contribution in [0.5, 0.6) is 0 Å². The molecule has 1 aromatic carbocycles. The van der Waals surface area contributed by atoms with Crippen LogP contribution in [0.25, 0.3) is 5.69 Å². The summed E-state index contributed by atoms with van der Waals surface area (Å²) in [6.45, 7) is 7.93. The van der Waals surface area contributed by atoms with E-state index in [1.54, 1.807) is 12.4 Å². The lowest BCUT2D eigenvalue weighted by molar-refractivity contribution is -0.120. The van der Waals surface area contributed by atoms with Gasteiger partial charge in [-0.1, -0.05) is 36.0 Å². The molecule has 0 aliphatic carbocycles. The van der Waals surface area contributed by atoms with Gasteiger partial charge in [0.05, 0.1) is 10.9 Å². The normalized spacial score (nSPS) is 11.9. The first-order valence-corrected chi connectivity index (χ1v) is 7.52. The van der Waals surface area contributed by atoms with Crippen LogP contribution in [0.2, 0.25) is 0 Å². The number of nitrogens with zero attached hydrogens (tertiary/aromatic N) is 3. The minimum Gasteiger partial charge on any atom is -0.352 e. The van der Waals surface area contributed by atoms with Crippen LogP contribution < -0.4 is 5.32 Å². The second-order valence-corrected chi connectivity index (χ2v) is 5.87. The van der Waals surface area contributed by atoms with Gasteiger partial charge in [0.1, 0.15) is 6.33 Å². The number of thioether (sulfide) groups is 1. The van der Waals surface area contributed by atoms with E-state index >= 15 is 0 Å². The van der Waals surface area contributed by atoms with Gasteiger partial charge < -0.3 is 5.32 Å². The Labute approximate surface area is 128 Å². The number of hydrogen-bond acceptors (Lipinski definition) is 4. The molecule has 21 heavy (non-hydrogen) atoms. The highest BCUT2D eigenvalue weighted by Crippen LogP contribution is 2.25. The van der Waals surface area contributed by atoms with Gasteiger partial charge in [0, 0.05) is 6.54 Å². The minimum absolute atomic E-state index is 0.0424. The third kappa shape index (κ3) is 3.72. The fourth-order valence-electron chi connectivity index (χ4n) is 1.83. The number of nitrogens with one attached hydrogen (secondary N) is 1. The van der Waals surface area contributed by atoms with Crippen LogP contribution in [0.4, 0.5) is 0 Å². The number of carbonyl (C=O) groups excluding carboxylic acids is 1. The molecule has 0 aliphatic heterocycles. The summed E-state index contributed by atoms with van der Waals surface area (Å²) in [6, 6.07) is 7.99. The molecule has 0 saturated heterocycles. The van der Waals surface area contributed by atoms with Crippen LogP contribution in [0, 0.1) is 6.92 Å². The molecule has 6 heteroatoms. The summed E-state index contributed by atoms with van der Waals surface area (Å²) in [4.78, 5) is 11.9. The highest BCUT2D eigenvalue weighted by molar-refractivity contribution is 8.00. The predicted molar refractivity (Wildman–Crippen MR) is 84.6 cm³/mol. The minimum atomic E-state index is -0.253. The van der Waals surface area contributed by atoms with Crippen LogP contribution in [0.15, 0.2) is 48.4 Å². The second-order valence-electron chi connectivity index (χ2n) is 4.56. The van der Waals surface area contributed by atoms with E-state index in [2.05, 4.69) is 22.1 Å². The van der Waals surface area contributed by atoms with Gasteiger partial charge in [-0.15, -0.1) is 16.8 Å². The molecule has 2 rings (SSSR count). The van der Waals surface area contributed by atoms with Crippen molar-refractivity contribution < 1.29 is 4.79 Å². The Balaban J connectivity index is 2.16. The zero-order valence-corrected chi connectivity index (χ0v) is 12.9. The number of rotatable bonds is 6. The standard InChI is InChI=1S/C15H18N4OS/c1-4-9-16-14(20)12(3)21-15-18-17-10-19(15)13-8-6-5-7-11(13)2/h4-8,10,12H,1,9H2,2-3H3,(H,16,20). The Morgan fingerprint density at radius 2 is 2.29 bits per heavy atom. The average Bonchev–Trinajstić information content (AvgIpc) is 2.93. The third-order valence-electron chi connectivity index (χ3n) is 2.96. The van der Waals surface area contributed by atoms with Crippen molar-refractivity contribution in [3.05, 3.63) is 48.8 Å². The van der Waals surface area contributed by atoms with E-state index in [4.69, 9.17) is 0 Å². The number of para-hydroxylation sites is 1. The number of amides is 1. The molecule has 0 radical (unpaired) electrons. The zero-order chi connectivity index (χ0) is 15.2. The fraction of sp³-hybridized carbons (Fsp3) is 0.267. The highest BCUT2D eigenvalue weighted by Gasteiger charge is 2.18. The lowest BCUT2D eigenvalue weighted by atomic mass is 10.2. The van der Waals surface area contributed by atoms with Gasteiger partial charge in [0.2, 0.25) is 5.91 Å². The molecule has 1 unspecified atom stereocenters. The molecule has 1 atom stereocenters. The van der Waals surface area contributed by atoms with Crippen molar-refractivity contribution in [1.29, 1.82) is 0 Å². The Hall–Kier alpha value is -2.08. The van der Waals surface area contributed by atoms with Crippen molar-refractivity contribution in [2.75, 3.05) is 6.54 Å². The molecule has 1 amide bonds. The van der Waals surface area contributed by atoms with Crippen LogP contribution in [-0.2, 0) is 4.79 Å². The summed E-state index contributed by atoms with van der Waals surface area (Å²) < 4.78 is 1.90. The number of aromatic nitrogens is 3. The predicted octanol–water partition coefficient (Wildman–Crippen LogP) is 2.36. The fourth-order valence-corrected chi connectivity index (χ4v) is 2.69. The van der Waals surface area contributed by atoms with Gasteiger partial charge in [-0.05, 0) is 25.5 Å². The molecular formula is C15H18N4OS. The van der Waals surface area contributed by atoms with E-state index < -0.39 is 0 Å². The van der Waals surface area contributed by atoms with E-state index in [9.17, 15) is 4.79 Å². The Morgan fingerprint density at radius 1 is 1.52 bits per heavy atom. The Kier molecular flexibility index (Phi) is 5.16. The topological polar surface area (TPSA) is 59.8 Å². The lowest BCUT2D eigenvalue weighted by Crippen LogP contribution is -2.31. The van der Waals surface area contributed by atoms with Crippen molar-refractivity contribution in [3.63, 3.8) is 0 Å². The van der Waals surface area contributed by atoms with E-state index in [1.165, 1.54) is 11.8 Å². The van der Waals surface area contributed by atoms with Gasteiger partial charge in [0.15, 0.2) is 5.16 Å². The first-order chi connectivity index (χ1) is 10.1. The quantitative estimate of drug-likeness (QED) is 0.657. The average molecular weight is 302 g/mol. The summed E-state index contributed by atoms with van der Waals surface area (Å²) in [5, 5.41) is 11.3. The maximum atomic E-state index is 11.9. The highest BCUT2D eigenvalue weighted by atomic mass is 32.2. The van der Waals surface area contributed by atoms with Gasteiger partial charge in [-0.2, -0.15) is 0 Å². The molecule has 110 valence electrons. The van der Waals surface area contributed by atoms with Crippen molar-refractivity contribution >= 4 is 17.7 Å². The van der Waals surface area contributed by atoms with Crippen LogP contribution in [0.1, 0.15) is 12.5 Å². The number of aryl methyl sites for hydroxylation is 1. The van der Waals surface area contributed by atoms with Crippen LogP contribution in [0.3, 0.4) is 0 Å². The molecule has 0 aliphatic rings. The van der Waals surface area contributed by atoms with Gasteiger partial charge in [-0.25, -0.2) is 0 Å². The summed E-state index contributed by atoms with van der Waals surface area (Å²) in [5.41, 5.74) is 2.15. The van der Waals surface area contributed by atoms with Gasteiger partial charge in [0.25, 0.3) is 0 Å². The van der Waals surface area contributed by atoms with Crippen molar-refractivity contribution in [1.82, 2.24) is 20.1 Å². The number of carbonyl (C=O) groups is 1. The molecule has 1 aromatic heterocycles. The molecule has 0 fully saturated rings. The van der Waals surface area contributed by atoms with E-state index in [0.717, 1.165) is 11.3 Å². The van der Waals surface area contributed by atoms with Crippen molar-refractivity contribution in [2.45, 2.75) is 24.3 Å². The second kappa shape index (κ2) is 7.08. The Morgan fingerprint density at radius 3 is 3.00 bits per heavy atom. The van der Waals surface area contributed by atoms with Crippen molar-refractivity contribution in [3.8, 4) is 5.69 Å². The molecule has 0 saturated carbocycles.